The summed E-state index contributed by atoms with van der Waals surface area (Å²) in [6.45, 7) is 10.2. The van der Waals surface area contributed by atoms with E-state index in [0.29, 0.717) is 12.0 Å². The summed E-state index contributed by atoms with van der Waals surface area (Å²) < 4.78 is 1.18. The van der Waals surface area contributed by atoms with Crippen LogP contribution in [0.5, 0.6) is 0 Å². The zero-order valence-electron chi connectivity index (χ0n) is 11.5. The normalized spacial score (nSPS) is 20.5. The summed E-state index contributed by atoms with van der Waals surface area (Å²) in [6, 6.07) is 7.29. The highest BCUT2D eigenvalue weighted by molar-refractivity contribution is 9.10. The lowest BCUT2D eigenvalue weighted by Crippen LogP contribution is -2.54. The summed E-state index contributed by atoms with van der Waals surface area (Å²) in [5.41, 5.74) is 2.86. The van der Waals surface area contributed by atoms with E-state index in [4.69, 9.17) is 0 Å². The van der Waals surface area contributed by atoms with Crippen LogP contribution in [0, 0.1) is 5.92 Å². The van der Waals surface area contributed by atoms with E-state index in [1.165, 1.54) is 15.7 Å². The zero-order chi connectivity index (χ0) is 13.1. The van der Waals surface area contributed by atoms with E-state index in [-0.39, 0.29) is 0 Å². The van der Waals surface area contributed by atoms with Crippen molar-refractivity contribution in [2.75, 3.05) is 24.5 Å². The minimum atomic E-state index is 0.602. The predicted molar refractivity (Wildman–Crippen MR) is 82.4 cm³/mol. The Morgan fingerprint density at radius 2 is 2.22 bits per heavy atom. The van der Waals surface area contributed by atoms with Gasteiger partial charge in [0.15, 0.2) is 0 Å². The molecule has 1 aromatic rings. The number of aryl methyl sites for hydroxylation is 1. The van der Waals surface area contributed by atoms with Crippen molar-refractivity contribution in [2.45, 2.75) is 33.2 Å². The summed E-state index contributed by atoms with van der Waals surface area (Å²) in [7, 11) is 0. The summed E-state index contributed by atoms with van der Waals surface area (Å²) in [4.78, 5) is 2.59. The first-order valence-electron chi connectivity index (χ1n) is 6.89. The van der Waals surface area contributed by atoms with E-state index in [1.54, 1.807) is 0 Å². The Morgan fingerprint density at radius 1 is 1.44 bits per heavy atom. The Hall–Kier alpha value is -0.540. The van der Waals surface area contributed by atoms with E-state index in [1.807, 2.05) is 0 Å². The van der Waals surface area contributed by atoms with E-state index >= 15 is 0 Å². The summed E-state index contributed by atoms with van der Waals surface area (Å²) in [6.07, 6.45) is 1.09. The Balaban J connectivity index is 2.33. The molecule has 100 valence electrons. The number of hydrogen-bond acceptors (Lipinski definition) is 2. The van der Waals surface area contributed by atoms with Gasteiger partial charge in [0.05, 0.1) is 0 Å². The molecule has 0 saturated carbocycles. The van der Waals surface area contributed by atoms with Crippen molar-refractivity contribution in [3.63, 3.8) is 0 Å². The van der Waals surface area contributed by atoms with Gasteiger partial charge in [0.2, 0.25) is 0 Å². The van der Waals surface area contributed by atoms with Crippen LogP contribution in [0.15, 0.2) is 22.7 Å². The molecule has 18 heavy (non-hydrogen) atoms. The third-order valence-electron chi connectivity index (χ3n) is 3.78. The van der Waals surface area contributed by atoms with Gasteiger partial charge >= 0.3 is 0 Å². The second kappa shape index (κ2) is 6.07. The molecule has 1 fully saturated rings. The van der Waals surface area contributed by atoms with Crippen LogP contribution < -0.4 is 10.2 Å². The maximum atomic E-state index is 3.57. The molecule has 0 aromatic heterocycles. The van der Waals surface area contributed by atoms with Crippen molar-refractivity contribution in [3.8, 4) is 0 Å². The number of anilines is 1. The van der Waals surface area contributed by atoms with E-state index < -0.39 is 0 Å². The number of halogens is 1. The lowest BCUT2D eigenvalue weighted by atomic mass is 9.98. The molecule has 1 aliphatic rings. The van der Waals surface area contributed by atoms with Crippen LogP contribution in [0.2, 0.25) is 0 Å². The van der Waals surface area contributed by atoms with Gasteiger partial charge in [-0.15, -0.1) is 0 Å². The summed E-state index contributed by atoms with van der Waals surface area (Å²) in [5.74, 6) is 0.672. The molecule has 0 radical (unpaired) electrons. The largest absolute Gasteiger partial charge is 0.366 e. The summed E-state index contributed by atoms with van der Waals surface area (Å²) in [5, 5.41) is 3.51. The highest BCUT2D eigenvalue weighted by Gasteiger charge is 2.26. The van der Waals surface area contributed by atoms with Crippen molar-refractivity contribution in [3.05, 3.63) is 28.2 Å². The SMILES string of the molecule is CCc1cc(Br)ccc1N1CCNCC1C(C)C. The van der Waals surface area contributed by atoms with Crippen molar-refractivity contribution in [2.24, 2.45) is 5.92 Å². The Morgan fingerprint density at radius 3 is 2.89 bits per heavy atom. The van der Waals surface area contributed by atoms with Crippen molar-refractivity contribution in [1.82, 2.24) is 5.32 Å². The fourth-order valence-corrected chi connectivity index (χ4v) is 3.15. The average molecular weight is 311 g/mol. The van der Waals surface area contributed by atoms with Crippen LogP contribution in [0.25, 0.3) is 0 Å². The minimum absolute atomic E-state index is 0.602. The molecular formula is C15H23BrN2. The number of nitrogens with zero attached hydrogens (tertiary/aromatic N) is 1. The molecule has 0 bridgehead atoms. The third-order valence-corrected chi connectivity index (χ3v) is 4.28. The summed E-state index contributed by atoms with van der Waals surface area (Å²) >= 11 is 3.57. The smallest absolute Gasteiger partial charge is 0.0438 e. The van der Waals surface area contributed by atoms with Gasteiger partial charge in [-0.2, -0.15) is 0 Å². The number of piperazine rings is 1. The molecule has 1 heterocycles. The molecule has 0 aliphatic carbocycles. The van der Waals surface area contributed by atoms with Gasteiger partial charge in [-0.05, 0) is 36.1 Å². The van der Waals surface area contributed by atoms with Crippen LogP contribution in [-0.4, -0.2) is 25.7 Å². The Kier molecular flexibility index (Phi) is 4.68. The van der Waals surface area contributed by atoms with Crippen LogP contribution in [-0.2, 0) is 6.42 Å². The monoisotopic (exact) mass is 310 g/mol. The third kappa shape index (κ3) is 2.89. The van der Waals surface area contributed by atoms with E-state index in [9.17, 15) is 0 Å². The number of rotatable bonds is 3. The average Bonchev–Trinajstić information content (AvgIpc) is 2.38. The van der Waals surface area contributed by atoms with E-state index in [2.05, 4.69) is 65.1 Å². The molecule has 0 amide bonds. The first-order chi connectivity index (χ1) is 8.63. The molecule has 1 aromatic carbocycles. The topological polar surface area (TPSA) is 15.3 Å². The molecular weight excluding hydrogens is 288 g/mol. The zero-order valence-corrected chi connectivity index (χ0v) is 13.1. The lowest BCUT2D eigenvalue weighted by molar-refractivity contribution is 0.390. The van der Waals surface area contributed by atoms with Gasteiger partial charge in [0.25, 0.3) is 0 Å². The molecule has 2 rings (SSSR count). The maximum Gasteiger partial charge on any atom is 0.0438 e. The minimum Gasteiger partial charge on any atom is -0.366 e. The van der Waals surface area contributed by atoms with Crippen molar-refractivity contribution < 1.29 is 0 Å². The lowest BCUT2D eigenvalue weighted by Gasteiger charge is -2.41. The van der Waals surface area contributed by atoms with Crippen LogP contribution in [0.4, 0.5) is 5.69 Å². The van der Waals surface area contributed by atoms with Gasteiger partial charge in [-0.25, -0.2) is 0 Å². The van der Waals surface area contributed by atoms with Gasteiger partial charge in [-0.1, -0.05) is 36.7 Å². The molecule has 1 saturated heterocycles. The van der Waals surface area contributed by atoms with Crippen LogP contribution in [0.3, 0.4) is 0 Å². The fourth-order valence-electron chi connectivity index (χ4n) is 2.74. The van der Waals surface area contributed by atoms with Crippen LogP contribution >= 0.6 is 15.9 Å². The number of nitrogens with one attached hydrogen (secondary N) is 1. The van der Waals surface area contributed by atoms with Gasteiger partial charge in [0.1, 0.15) is 0 Å². The van der Waals surface area contributed by atoms with Crippen LogP contribution in [0.1, 0.15) is 26.3 Å². The second-order valence-electron chi connectivity index (χ2n) is 5.34. The Labute approximate surface area is 119 Å². The van der Waals surface area contributed by atoms with Gasteiger partial charge < -0.3 is 10.2 Å². The molecule has 1 N–H and O–H groups in total. The molecule has 0 spiro atoms. The van der Waals surface area contributed by atoms with Gasteiger partial charge in [0, 0.05) is 35.8 Å². The highest BCUT2D eigenvalue weighted by Crippen LogP contribution is 2.29. The van der Waals surface area contributed by atoms with Crippen molar-refractivity contribution in [1.29, 1.82) is 0 Å². The molecule has 1 unspecified atom stereocenters. The Bertz CT molecular complexity index is 403. The van der Waals surface area contributed by atoms with E-state index in [0.717, 1.165) is 26.1 Å². The number of hydrogen-bond donors (Lipinski definition) is 1. The quantitative estimate of drug-likeness (QED) is 0.920. The first kappa shape index (κ1) is 13.9. The second-order valence-corrected chi connectivity index (χ2v) is 6.25. The van der Waals surface area contributed by atoms with Crippen molar-refractivity contribution >= 4 is 21.6 Å². The first-order valence-corrected chi connectivity index (χ1v) is 7.68. The predicted octanol–water partition coefficient (Wildman–Crippen LogP) is 3.45. The molecule has 3 heteroatoms. The fraction of sp³-hybridized carbons (Fsp3) is 0.600. The maximum absolute atomic E-state index is 3.57. The van der Waals surface area contributed by atoms with Gasteiger partial charge in [-0.3, -0.25) is 0 Å². The number of benzene rings is 1. The molecule has 2 nitrogen and oxygen atoms in total. The standard InChI is InChI=1S/C15H23BrN2/c1-4-12-9-13(16)5-6-14(12)18-8-7-17-10-15(18)11(2)3/h5-6,9,11,15,17H,4,7-8,10H2,1-3H3. The molecule has 1 atom stereocenters. The highest BCUT2D eigenvalue weighted by atomic mass is 79.9. The molecule has 1 aliphatic heterocycles.